The van der Waals surface area contributed by atoms with E-state index in [1.807, 2.05) is 0 Å². The summed E-state index contributed by atoms with van der Waals surface area (Å²) in [6.07, 6.45) is 0. The summed E-state index contributed by atoms with van der Waals surface area (Å²) in [5, 5.41) is 2.57. The Balaban J connectivity index is 1.28. The van der Waals surface area contributed by atoms with E-state index in [9.17, 15) is 0 Å². The van der Waals surface area contributed by atoms with Crippen LogP contribution in [0.2, 0.25) is 0 Å². The Morgan fingerprint density at radius 3 is 1.00 bits per heavy atom. The van der Waals surface area contributed by atoms with Gasteiger partial charge in [-0.1, -0.05) is 133 Å². The molecule has 0 bridgehead atoms. The number of rotatable bonds is 4. The third-order valence-electron chi connectivity index (χ3n) is 9.90. The topological polar surface area (TPSA) is 6.48 Å². The number of fused-ring (bicyclic) bond motifs is 4. The van der Waals surface area contributed by atoms with Crippen molar-refractivity contribution >= 4 is 44.9 Å². The highest BCUT2D eigenvalue weighted by Gasteiger charge is 2.33. The van der Waals surface area contributed by atoms with E-state index >= 15 is 0 Å². The zero-order valence-corrected chi connectivity index (χ0v) is 26.2. The molecule has 0 amide bonds. The van der Waals surface area contributed by atoms with Crippen LogP contribution in [0.25, 0.3) is 55.3 Å². The molecule has 0 atom stereocenters. The van der Waals surface area contributed by atoms with Gasteiger partial charge in [0.1, 0.15) is 0 Å². The molecule has 2 nitrogen and oxygen atoms in total. The molecule has 0 saturated heterocycles. The summed E-state index contributed by atoms with van der Waals surface area (Å²) >= 11 is 0. The zero-order valence-electron chi connectivity index (χ0n) is 26.2. The van der Waals surface area contributed by atoms with E-state index in [1.165, 1.54) is 78.0 Å². The molecule has 8 aromatic carbocycles. The summed E-state index contributed by atoms with van der Waals surface area (Å²) in [7, 11) is 0. The van der Waals surface area contributed by atoms with E-state index in [1.54, 1.807) is 0 Å². The van der Waals surface area contributed by atoms with Gasteiger partial charge in [0.15, 0.2) is 0 Å². The summed E-state index contributed by atoms with van der Waals surface area (Å²) in [4.78, 5) is 4.91. The average molecular weight is 611 g/mol. The summed E-state index contributed by atoms with van der Waals surface area (Å²) in [5.74, 6) is 0. The van der Waals surface area contributed by atoms with E-state index in [0.717, 1.165) is 11.4 Å². The molecule has 2 heteroatoms. The van der Waals surface area contributed by atoms with Crippen LogP contribution >= 0.6 is 0 Å². The lowest BCUT2D eigenvalue weighted by Crippen LogP contribution is -2.19. The van der Waals surface area contributed by atoms with Crippen LogP contribution in [0, 0.1) is 0 Å². The Kier molecular flexibility index (Phi) is 5.91. The molecular formula is C46H30N2. The largest absolute Gasteiger partial charge is 0.309 e. The smallest absolute Gasteiger partial charge is 0.0548 e. The number of hydrogen-bond acceptors (Lipinski definition) is 2. The molecule has 0 saturated carbocycles. The predicted octanol–water partition coefficient (Wildman–Crippen LogP) is 13.1. The first-order valence-electron chi connectivity index (χ1n) is 16.5. The molecule has 8 aromatic rings. The maximum absolute atomic E-state index is 2.46. The molecule has 2 aliphatic heterocycles. The van der Waals surface area contributed by atoms with Crippen molar-refractivity contribution in [2.75, 3.05) is 9.80 Å². The highest BCUT2D eigenvalue weighted by Crippen LogP contribution is 2.59. The van der Waals surface area contributed by atoms with Crippen LogP contribution in [0.5, 0.6) is 0 Å². The average Bonchev–Trinajstić information content (AvgIpc) is 3.17. The molecule has 224 valence electrons. The molecular weight excluding hydrogens is 581 g/mol. The Bertz CT molecular complexity index is 2310. The quantitative estimate of drug-likeness (QED) is 0.196. The van der Waals surface area contributed by atoms with Crippen molar-refractivity contribution in [3.63, 3.8) is 0 Å². The van der Waals surface area contributed by atoms with Crippen LogP contribution in [-0.2, 0) is 0 Å². The van der Waals surface area contributed by atoms with E-state index in [2.05, 4.69) is 192 Å². The van der Waals surface area contributed by atoms with Crippen LogP contribution in [0.15, 0.2) is 182 Å². The minimum absolute atomic E-state index is 1.15. The van der Waals surface area contributed by atoms with Gasteiger partial charge in [0.2, 0.25) is 0 Å². The molecule has 0 spiro atoms. The van der Waals surface area contributed by atoms with Crippen molar-refractivity contribution in [2.45, 2.75) is 0 Å². The Hall–Kier alpha value is -6.38. The van der Waals surface area contributed by atoms with Crippen molar-refractivity contribution < 1.29 is 0 Å². The Labute approximate surface area is 280 Å². The molecule has 0 fully saturated rings. The third-order valence-corrected chi connectivity index (χ3v) is 9.90. The zero-order chi connectivity index (χ0) is 31.6. The van der Waals surface area contributed by atoms with Crippen molar-refractivity contribution in [1.29, 1.82) is 0 Å². The first-order chi connectivity index (χ1) is 23.8. The second kappa shape index (κ2) is 10.6. The van der Waals surface area contributed by atoms with Crippen LogP contribution < -0.4 is 9.80 Å². The number of anilines is 6. The lowest BCUT2D eigenvalue weighted by Gasteiger charge is -2.38. The van der Waals surface area contributed by atoms with Gasteiger partial charge in [-0.05, 0) is 81.9 Å². The van der Waals surface area contributed by atoms with Gasteiger partial charge >= 0.3 is 0 Å². The monoisotopic (exact) mass is 610 g/mol. The minimum Gasteiger partial charge on any atom is -0.309 e. The molecule has 0 aromatic heterocycles. The Morgan fingerprint density at radius 2 is 0.604 bits per heavy atom. The molecule has 0 radical (unpaired) electrons. The highest BCUT2D eigenvalue weighted by molar-refractivity contribution is 6.24. The van der Waals surface area contributed by atoms with Crippen LogP contribution in [0.3, 0.4) is 0 Å². The maximum Gasteiger partial charge on any atom is 0.0548 e. The summed E-state index contributed by atoms with van der Waals surface area (Å²) < 4.78 is 0. The normalized spacial score (nSPS) is 12.5. The van der Waals surface area contributed by atoms with E-state index in [4.69, 9.17) is 0 Å². The second-order valence-electron chi connectivity index (χ2n) is 12.6. The number of nitrogens with zero attached hydrogens (tertiary/aromatic N) is 2. The van der Waals surface area contributed by atoms with Gasteiger partial charge in [-0.15, -0.1) is 0 Å². The number of benzene rings is 8. The van der Waals surface area contributed by atoms with Gasteiger partial charge in [-0.25, -0.2) is 0 Å². The predicted molar refractivity (Wildman–Crippen MR) is 202 cm³/mol. The van der Waals surface area contributed by atoms with Crippen LogP contribution in [0.4, 0.5) is 34.1 Å². The van der Waals surface area contributed by atoms with Crippen molar-refractivity contribution in [3.05, 3.63) is 182 Å². The van der Waals surface area contributed by atoms with Gasteiger partial charge < -0.3 is 9.80 Å². The van der Waals surface area contributed by atoms with Crippen molar-refractivity contribution in [1.82, 2.24) is 0 Å². The molecule has 0 unspecified atom stereocenters. The van der Waals surface area contributed by atoms with E-state index in [-0.39, 0.29) is 0 Å². The Morgan fingerprint density at radius 1 is 0.250 bits per heavy atom. The summed E-state index contributed by atoms with van der Waals surface area (Å²) in [6, 6.07) is 66.2. The fourth-order valence-electron chi connectivity index (χ4n) is 7.76. The van der Waals surface area contributed by atoms with Gasteiger partial charge in [0, 0.05) is 33.3 Å². The molecule has 0 aliphatic carbocycles. The lowest BCUT2D eigenvalue weighted by atomic mass is 9.83. The molecule has 0 N–H and O–H groups in total. The standard InChI is InChI=1S/C46H30N2/c1-5-13-31(14-6-1)33-21-23-37-39-25-26-40-38-24-22-34(32-15-7-2-8-16-32)30-44(38)48(36-19-11-4-12-20-36)42-28-27-41(45(39)46(40)42)47(43(37)29-33)35-17-9-3-10-18-35/h1-30H. The first-order valence-corrected chi connectivity index (χ1v) is 16.5. The first kappa shape index (κ1) is 26.8. The third kappa shape index (κ3) is 4.00. The fourth-order valence-corrected chi connectivity index (χ4v) is 7.76. The fraction of sp³-hybridized carbons (Fsp3) is 0. The number of para-hydroxylation sites is 2. The van der Waals surface area contributed by atoms with E-state index < -0.39 is 0 Å². The second-order valence-corrected chi connectivity index (χ2v) is 12.6. The van der Waals surface area contributed by atoms with Gasteiger partial charge in [-0.2, -0.15) is 0 Å². The van der Waals surface area contributed by atoms with Gasteiger partial charge in [0.05, 0.1) is 22.7 Å². The molecule has 10 rings (SSSR count). The van der Waals surface area contributed by atoms with Crippen LogP contribution in [0.1, 0.15) is 0 Å². The molecule has 2 aliphatic rings. The summed E-state index contributed by atoms with van der Waals surface area (Å²) in [6.45, 7) is 0. The van der Waals surface area contributed by atoms with Gasteiger partial charge in [0.25, 0.3) is 0 Å². The van der Waals surface area contributed by atoms with Gasteiger partial charge in [-0.3, -0.25) is 0 Å². The number of hydrogen-bond donors (Lipinski definition) is 0. The van der Waals surface area contributed by atoms with Crippen LogP contribution in [-0.4, -0.2) is 0 Å². The minimum atomic E-state index is 1.15. The molecule has 2 heterocycles. The highest BCUT2D eigenvalue weighted by atomic mass is 15.2. The summed E-state index contributed by atoms with van der Waals surface area (Å²) in [5.41, 5.74) is 17.0. The molecule has 48 heavy (non-hydrogen) atoms. The van der Waals surface area contributed by atoms with Crippen molar-refractivity contribution in [2.24, 2.45) is 0 Å². The SMILES string of the molecule is c1ccc(-c2ccc3c(c2)N(c2ccccc2)c2ccc4c5c(ccc-3c25)-c2ccc(-c3ccccc3)cc2N4c2ccccc2)cc1. The maximum atomic E-state index is 2.46. The lowest BCUT2D eigenvalue weighted by molar-refractivity contribution is 1.26. The van der Waals surface area contributed by atoms with E-state index in [0.29, 0.717) is 0 Å². The van der Waals surface area contributed by atoms with Crippen molar-refractivity contribution in [3.8, 4) is 44.5 Å².